The van der Waals surface area contributed by atoms with Crippen molar-refractivity contribution >= 4 is 32.7 Å². The Hall–Kier alpha value is -2.78. The number of amides is 1. The zero-order chi connectivity index (χ0) is 21.0. The van der Waals surface area contributed by atoms with Gasteiger partial charge in [-0.2, -0.15) is 4.31 Å². The fourth-order valence-electron chi connectivity index (χ4n) is 3.11. The maximum atomic E-state index is 13.2. The van der Waals surface area contributed by atoms with E-state index in [9.17, 15) is 17.6 Å². The Balaban J connectivity index is 1.72. The molecule has 2 aromatic carbocycles. The summed E-state index contributed by atoms with van der Waals surface area (Å²) in [5.74, 6) is -0.669. The van der Waals surface area contributed by atoms with Gasteiger partial charge in [0.1, 0.15) is 5.82 Å². The fourth-order valence-corrected chi connectivity index (χ4v) is 4.59. The van der Waals surface area contributed by atoms with Crippen molar-refractivity contribution in [2.75, 3.05) is 18.4 Å². The van der Waals surface area contributed by atoms with Gasteiger partial charge in [-0.15, -0.1) is 0 Å². The lowest BCUT2D eigenvalue weighted by molar-refractivity contribution is -0.116. The highest BCUT2D eigenvalue weighted by molar-refractivity contribution is 7.89. The van der Waals surface area contributed by atoms with Crippen LogP contribution in [0, 0.1) is 5.82 Å². The number of aromatic nitrogens is 2. The van der Waals surface area contributed by atoms with Crippen molar-refractivity contribution in [2.45, 2.75) is 31.7 Å². The highest BCUT2D eigenvalue weighted by Gasteiger charge is 2.22. The molecule has 1 amide bonds. The van der Waals surface area contributed by atoms with E-state index in [1.807, 2.05) is 0 Å². The number of sulfonamides is 1. The average Bonchev–Trinajstić information content (AvgIpc) is 3.09. The summed E-state index contributed by atoms with van der Waals surface area (Å²) in [5, 5.41) is 2.65. The molecule has 0 spiro atoms. The van der Waals surface area contributed by atoms with Crippen LogP contribution in [0.2, 0.25) is 0 Å². The van der Waals surface area contributed by atoms with E-state index in [-0.39, 0.29) is 17.2 Å². The average molecular weight is 418 g/mol. The molecule has 1 aromatic heterocycles. The van der Waals surface area contributed by atoms with E-state index in [2.05, 4.69) is 10.3 Å². The molecule has 0 aliphatic carbocycles. The van der Waals surface area contributed by atoms with E-state index in [0.29, 0.717) is 30.8 Å². The van der Waals surface area contributed by atoms with Gasteiger partial charge in [0.25, 0.3) is 0 Å². The predicted molar refractivity (Wildman–Crippen MR) is 109 cm³/mol. The van der Waals surface area contributed by atoms with Crippen molar-refractivity contribution in [3.05, 3.63) is 54.6 Å². The molecule has 9 heteroatoms. The Labute approximate surface area is 169 Å². The number of fused-ring (bicyclic) bond motifs is 1. The molecule has 7 nitrogen and oxygen atoms in total. The second kappa shape index (κ2) is 8.71. The normalized spacial score (nSPS) is 11.9. The van der Waals surface area contributed by atoms with Gasteiger partial charge in [0, 0.05) is 31.7 Å². The summed E-state index contributed by atoms with van der Waals surface area (Å²) in [6, 6.07) is 10.5. The van der Waals surface area contributed by atoms with Crippen molar-refractivity contribution in [1.82, 2.24) is 13.9 Å². The van der Waals surface area contributed by atoms with E-state index >= 15 is 0 Å². The summed E-state index contributed by atoms with van der Waals surface area (Å²) < 4.78 is 41.7. The topological polar surface area (TPSA) is 84.3 Å². The standard InChI is InChI=1S/C20H23FN4O3S/c1-3-25(4-2)29(27,28)17-8-9-19-18(13-17)22-14-24(19)11-10-20(26)23-16-7-5-6-15(21)12-16/h5-9,12-14H,3-4,10-11H2,1-2H3,(H,23,26). The second-order valence-corrected chi connectivity index (χ2v) is 8.42. The minimum Gasteiger partial charge on any atom is -0.330 e. The first-order chi connectivity index (χ1) is 13.8. The molecule has 0 unspecified atom stereocenters. The highest BCUT2D eigenvalue weighted by atomic mass is 32.2. The Morgan fingerprint density at radius 2 is 1.93 bits per heavy atom. The van der Waals surface area contributed by atoms with Crippen molar-refractivity contribution in [2.24, 2.45) is 0 Å². The van der Waals surface area contributed by atoms with E-state index in [1.54, 1.807) is 49.0 Å². The van der Waals surface area contributed by atoms with Gasteiger partial charge >= 0.3 is 0 Å². The van der Waals surface area contributed by atoms with Crippen molar-refractivity contribution < 1.29 is 17.6 Å². The first-order valence-corrected chi connectivity index (χ1v) is 10.8. The van der Waals surface area contributed by atoms with Crippen molar-refractivity contribution in [3.8, 4) is 0 Å². The van der Waals surface area contributed by atoms with Crippen LogP contribution in [0.3, 0.4) is 0 Å². The first kappa shape index (κ1) is 20.9. The van der Waals surface area contributed by atoms with Crippen molar-refractivity contribution in [3.63, 3.8) is 0 Å². The number of benzene rings is 2. The minimum atomic E-state index is -3.56. The number of anilines is 1. The summed E-state index contributed by atoms with van der Waals surface area (Å²) in [5.41, 5.74) is 1.68. The molecule has 0 aliphatic heterocycles. The van der Waals surface area contributed by atoms with Crippen LogP contribution < -0.4 is 5.32 Å². The van der Waals surface area contributed by atoms with Crippen LogP contribution in [0.5, 0.6) is 0 Å². The summed E-state index contributed by atoms with van der Waals surface area (Å²) in [6.07, 6.45) is 1.75. The van der Waals surface area contributed by atoms with Gasteiger partial charge in [-0.1, -0.05) is 19.9 Å². The third-order valence-electron chi connectivity index (χ3n) is 4.62. The molecular formula is C20H23FN4O3S. The van der Waals surface area contributed by atoms with Gasteiger partial charge in [0.2, 0.25) is 15.9 Å². The molecule has 0 saturated carbocycles. The van der Waals surface area contributed by atoms with Gasteiger partial charge in [0.05, 0.1) is 22.3 Å². The summed E-state index contributed by atoms with van der Waals surface area (Å²) in [7, 11) is -3.56. The van der Waals surface area contributed by atoms with Gasteiger partial charge in [-0.05, 0) is 36.4 Å². The van der Waals surface area contributed by atoms with E-state index in [0.717, 1.165) is 5.52 Å². The lowest BCUT2D eigenvalue weighted by Crippen LogP contribution is -2.30. The number of imidazole rings is 1. The van der Waals surface area contributed by atoms with Crippen molar-refractivity contribution in [1.29, 1.82) is 0 Å². The second-order valence-electron chi connectivity index (χ2n) is 6.49. The van der Waals surface area contributed by atoms with Crippen LogP contribution in [-0.2, 0) is 21.4 Å². The highest BCUT2D eigenvalue weighted by Crippen LogP contribution is 2.21. The summed E-state index contributed by atoms with van der Waals surface area (Å²) in [4.78, 5) is 16.6. The molecular weight excluding hydrogens is 395 g/mol. The minimum absolute atomic E-state index is 0.168. The summed E-state index contributed by atoms with van der Waals surface area (Å²) in [6.45, 7) is 4.74. The lowest BCUT2D eigenvalue weighted by Gasteiger charge is -2.18. The van der Waals surface area contributed by atoms with Crippen LogP contribution in [0.25, 0.3) is 11.0 Å². The summed E-state index contributed by atoms with van der Waals surface area (Å²) >= 11 is 0. The van der Waals surface area contributed by atoms with Crippen LogP contribution in [0.1, 0.15) is 20.3 Å². The molecule has 154 valence electrons. The third kappa shape index (κ3) is 4.63. The number of rotatable bonds is 8. The quantitative estimate of drug-likeness (QED) is 0.609. The Morgan fingerprint density at radius 1 is 1.17 bits per heavy atom. The molecule has 0 aliphatic rings. The zero-order valence-corrected chi connectivity index (χ0v) is 17.1. The lowest BCUT2D eigenvalue weighted by atomic mass is 10.3. The molecule has 0 bridgehead atoms. The fraction of sp³-hybridized carbons (Fsp3) is 0.300. The molecule has 29 heavy (non-hydrogen) atoms. The van der Waals surface area contributed by atoms with Gasteiger partial charge in [0.15, 0.2) is 0 Å². The maximum Gasteiger partial charge on any atom is 0.243 e. The van der Waals surface area contributed by atoms with Crippen LogP contribution >= 0.6 is 0 Å². The molecule has 3 rings (SSSR count). The van der Waals surface area contributed by atoms with E-state index < -0.39 is 15.8 Å². The Bertz CT molecular complexity index is 1120. The predicted octanol–water partition coefficient (Wildman–Crippen LogP) is 3.23. The largest absolute Gasteiger partial charge is 0.330 e. The molecule has 3 aromatic rings. The number of carbonyl (C=O) groups excluding carboxylic acids is 1. The first-order valence-electron chi connectivity index (χ1n) is 9.35. The maximum absolute atomic E-state index is 13.2. The van der Waals surface area contributed by atoms with Crippen LogP contribution in [0.15, 0.2) is 53.7 Å². The van der Waals surface area contributed by atoms with Gasteiger partial charge in [-0.3, -0.25) is 4.79 Å². The monoisotopic (exact) mass is 418 g/mol. The number of carbonyl (C=O) groups is 1. The smallest absolute Gasteiger partial charge is 0.243 e. The molecule has 1 N–H and O–H groups in total. The molecule has 0 saturated heterocycles. The molecule has 0 atom stereocenters. The molecule has 0 radical (unpaired) electrons. The number of nitrogens with zero attached hydrogens (tertiary/aromatic N) is 3. The van der Waals surface area contributed by atoms with E-state index in [1.165, 1.54) is 22.5 Å². The number of halogens is 1. The van der Waals surface area contributed by atoms with Gasteiger partial charge in [-0.25, -0.2) is 17.8 Å². The molecule has 0 fully saturated rings. The Kier molecular flexibility index (Phi) is 6.29. The Morgan fingerprint density at radius 3 is 2.62 bits per heavy atom. The number of aryl methyl sites for hydroxylation is 1. The molecule has 1 heterocycles. The third-order valence-corrected chi connectivity index (χ3v) is 6.67. The van der Waals surface area contributed by atoms with Crippen LogP contribution in [-0.4, -0.2) is 41.3 Å². The van der Waals surface area contributed by atoms with E-state index in [4.69, 9.17) is 0 Å². The number of hydrogen-bond acceptors (Lipinski definition) is 4. The SMILES string of the molecule is CCN(CC)S(=O)(=O)c1ccc2c(c1)ncn2CCC(=O)Nc1cccc(F)c1. The van der Waals surface area contributed by atoms with Crippen LogP contribution in [0.4, 0.5) is 10.1 Å². The van der Waals surface area contributed by atoms with Gasteiger partial charge < -0.3 is 9.88 Å². The number of nitrogens with one attached hydrogen (secondary N) is 1. The zero-order valence-electron chi connectivity index (χ0n) is 16.3. The number of hydrogen-bond donors (Lipinski definition) is 1.